The molecular weight excluding hydrogens is 238 g/mol. The number of para-hydroxylation sites is 1. The summed E-state index contributed by atoms with van der Waals surface area (Å²) >= 11 is 0. The standard InChI is InChI=1S/C14H13N5/c15-13-12-14(17-11(8-16-12)9-6-7-9)19(18-13)10-4-2-1-3-5-10/h1-5,8-9H,6-7H2,(H2,15,18). The van der Waals surface area contributed by atoms with Gasteiger partial charge < -0.3 is 5.73 Å². The minimum Gasteiger partial charge on any atom is -0.380 e. The van der Waals surface area contributed by atoms with Crippen LogP contribution in [0.5, 0.6) is 0 Å². The average molecular weight is 251 g/mol. The van der Waals surface area contributed by atoms with E-state index in [2.05, 4.69) is 10.1 Å². The Morgan fingerprint density at radius 3 is 2.68 bits per heavy atom. The fraction of sp³-hybridized carbons (Fsp3) is 0.214. The van der Waals surface area contributed by atoms with Crippen molar-refractivity contribution < 1.29 is 0 Å². The van der Waals surface area contributed by atoms with Gasteiger partial charge in [-0.25, -0.2) is 14.6 Å². The van der Waals surface area contributed by atoms with Crippen molar-refractivity contribution in [2.24, 2.45) is 0 Å². The Labute approximate surface area is 110 Å². The molecule has 0 bridgehead atoms. The summed E-state index contributed by atoms with van der Waals surface area (Å²) in [6.07, 6.45) is 4.23. The first-order valence-electron chi connectivity index (χ1n) is 6.39. The largest absolute Gasteiger partial charge is 0.380 e. The molecule has 19 heavy (non-hydrogen) atoms. The molecule has 0 spiro atoms. The summed E-state index contributed by atoms with van der Waals surface area (Å²) < 4.78 is 1.77. The summed E-state index contributed by atoms with van der Waals surface area (Å²) in [5, 5.41) is 4.35. The molecule has 5 heteroatoms. The van der Waals surface area contributed by atoms with Crippen LogP contribution < -0.4 is 5.73 Å². The topological polar surface area (TPSA) is 69.6 Å². The van der Waals surface area contributed by atoms with Gasteiger partial charge in [-0.15, -0.1) is 5.10 Å². The van der Waals surface area contributed by atoms with Gasteiger partial charge in [0, 0.05) is 12.1 Å². The van der Waals surface area contributed by atoms with Crippen LogP contribution in [0.1, 0.15) is 24.5 Å². The minimum absolute atomic E-state index is 0.425. The van der Waals surface area contributed by atoms with Crippen LogP contribution in [0.4, 0.5) is 5.82 Å². The zero-order valence-electron chi connectivity index (χ0n) is 10.3. The van der Waals surface area contributed by atoms with Gasteiger partial charge in [0.05, 0.1) is 11.4 Å². The molecule has 0 atom stereocenters. The second-order valence-electron chi connectivity index (χ2n) is 4.87. The predicted molar refractivity (Wildman–Crippen MR) is 73.0 cm³/mol. The predicted octanol–water partition coefficient (Wildman–Crippen LogP) is 2.28. The summed E-state index contributed by atoms with van der Waals surface area (Å²) in [5.74, 6) is 0.992. The van der Waals surface area contributed by atoms with E-state index < -0.39 is 0 Å². The number of fused-ring (bicyclic) bond motifs is 1. The maximum atomic E-state index is 5.92. The normalized spacial score (nSPS) is 14.9. The van der Waals surface area contributed by atoms with E-state index >= 15 is 0 Å². The van der Waals surface area contributed by atoms with E-state index in [1.807, 2.05) is 36.5 Å². The van der Waals surface area contributed by atoms with Gasteiger partial charge in [0.15, 0.2) is 17.0 Å². The monoisotopic (exact) mass is 251 g/mol. The Hall–Kier alpha value is -2.43. The van der Waals surface area contributed by atoms with Crippen LogP contribution in [0.2, 0.25) is 0 Å². The lowest BCUT2D eigenvalue weighted by Crippen LogP contribution is -1.99. The highest BCUT2D eigenvalue weighted by molar-refractivity contribution is 5.83. The molecule has 4 rings (SSSR count). The van der Waals surface area contributed by atoms with E-state index in [0.717, 1.165) is 17.0 Å². The van der Waals surface area contributed by atoms with Crippen molar-refractivity contribution in [3.63, 3.8) is 0 Å². The van der Waals surface area contributed by atoms with Crippen molar-refractivity contribution in [1.29, 1.82) is 0 Å². The average Bonchev–Trinajstić information content (AvgIpc) is 3.25. The van der Waals surface area contributed by atoms with Gasteiger partial charge in [0.25, 0.3) is 0 Å². The van der Waals surface area contributed by atoms with Gasteiger partial charge in [0.1, 0.15) is 0 Å². The highest BCUT2D eigenvalue weighted by Gasteiger charge is 2.26. The molecule has 1 fully saturated rings. The number of nitrogens with two attached hydrogens (primary N) is 1. The number of anilines is 1. The van der Waals surface area contributed by atoms with Crippen molar-refractivity contribution >= 4 is 17.0 Å². The molecule has 0 radical (unpaired) electrons. The summed E-state index contributed by atoms with van der Waals surface area (Å²) in [7, 11) is 0. The fourth-order valence-electron chi connectivity index (χ4n) is 2.25. The summed E-state index contributed by atoms with van der Waals surface area (Å²) in [4.78, 5) is 9.11. The second-order valence-corrected chi connectivity index (χ2v) is 4.87. The molecule has 2 heterocycles. The zero-order valence-corrected chi connectivity index (χ0v) is 10.3. The smallest absolute Gasteiger partial charge is 0.184 e. The van der Waals surface area contributed by atoms with Crippen molar-refractivity contribution in [2.45, 2.75) is 18.8 Å². The third kappa shape index (κ3) is 1.66. The molecule has 5 nitrogen and oxygen atoms in total. The first-order chi connectivity index (χ1) is 9.33. The van der Waals surface area contributed by atoms with Crippen LogP contribution >= 0.6 is 0 Å². The third-order valence-electron chi connectivity index (χ3n) is 3.42. The van der Waals surface area contributed by atoms with Crippen molar-refractivity contribution in [3.05, 3.63) is 42.2 Å². The lowest BCUT2D eigenvalue weighted by Gasteiger charge is -2.02. The molecule has 2 N–H and O–H groups in total. The van der Waals surface area contributed by atoms with Gasteiger partial charge >= 0.3 is 0 Å². The molecule has 1 aromatic carbocycles. The fourth-order valence-corrected chi connectivity index (χ4v) is 2.25. The Morgan fingerprint density at radius 2 is 1.95 bits per heavy atom. The van der Waals surface area contributed by atoms with E-state index in [-0.39, 0.29) is 0 Å². The number of benzene rings is 1. The first kappa shape index (κ1) is 10.5. The molecule has 2 aromatic heterocycles. The van der Waals surface area contributed by atoms with Crippen LogP contribution in [0, 0.1) is 0 Å². The van der Waals surface area contributed by atoms with E-state index in [1.54, 1.807) is 4.68 Å². The molecule has 3 aromatic rings. The minimum atomic E-state index is 0.425. The molecule has 0 amide bonds. The lowest BCUT2D eigenvalue weighted by molar-refractivity contribution is 0.890. The number of rotatable bonds is 2. The van der Waals surface area contributed by atoms with E-state index in [0.29, 0.717) is 17.3 Å². The molecule has 94 valence electrons. The maximum Gasteiger partial charge on any atom is 0.184 e. The Morgan fingerprint density at radius 1 is 1.16 bits per heavy atom. The summed E-state index contributed by atoms with van der Waals surface area (Å²) in [6, 6.07) is 9.88. The Balaban J connectivity index is 1.97. The van der Waals surface area contributed by atoms with Gasteiger partial charge in [-0.1, -0.05) is 18.2 Å². The quantitative estimate of drug-likeness (QED) is 0.758. The van der Waals surface area contributed by atoms with E-state index in [4.69, 9.17) is 10.7 Å². The van der Waals surface area contributed by atoms with Gasteiger partial charge in [-0.3, -0.25) is 0 Å². The highest BCUT2D eigenvalue weighted by atomic mass is 15.3. The molecule has 0 aliphatic heterocycles. The number of nitrogen functional groups attached to an aromatic ring is 1. The number of hydrogen-bond acceptors (Lipinski definition) is 4. The Bertz CT molecular complexity index is 743. The molecule has 1 aliphatic carbocycles. The summed E-state index contributed by atoms with van der Waals surface area (Å²) in [6.45, 7) is 0. The highest BCUT2D eigenvalue weighted by Crippen LogP contribution is 2.39. The van der Waals surface area contributed by atoms with Crippen LogP contribution in [0.25, 0.3) is 16.9 Å². The van der Waals surface area contributed by atoms with Crippen molar-refractivity contribution in [3.8, 4) is 5.69 Å². The van der Waals surface area contributed by atoms with Crippen LogP contribution in [0.15, 0.2) is 36.5 Å². The third-order valence-corrected chi connectivity index (χ3v) is 3.42. The molecule has 0 saturated heterocycles. The van der Waals surface area contributed by atoms with Crippen LogP contribution in [0.3, 0.4) is 0 Å². The van der Waals surface area contributed by atoms with Crippen molar-refractivity contribution in [1.82, 2.24) is 19.7 Å². The lowest BCUT2D eigenvalue weighted by atomic mass is 10.3. The van der Waals surface area contributed by atoms with Crippen LogP contribution in [-0.2, 0) is 0 Å². The second kappa shape index (κ2) is 3.78. The number of hydrogen-bond donors (Lipinski definition) is 1. The molecule has 1 saturated carbocycles. The van der Waals surface area contributed by atoms with Gasteiger partial charge in [0.2, 0.25) is 0 Å². The number of nitrogens with zero attached hydrogens (tertiary/aromatic N) is 4. The molecular formula is C14H13N5. The van der Waals surface area contributed by atoms with Crippen molar-refractivity contribution in [2.75, 3.05) is 5.73 Å². The number of aromatic nitrogens is 4. The summed E-state index contributed by atoms with van der Waals surface area (Å²) in [5.41, 5.74) is 9.34. The Kier molecular flexibility index (Phi) is 2.09. The van der Waals surface area contributed by atoms with Gasteiger partial charge in [-0.2, -0.15) is 0 Å². The van der Waals surface area contributed by atoms with Gasteiger partial charge in [-0.05, 0) is 25.0 Å². The first-order valence-corrected chi connectivity index (χ1v) is 6.39. The van der Waals surface area contributed by atoms with E-state index in [1.165, 1.54) is 12.8 Å². The maximum absolute atomic E-state index is 5.92. The molecule has 1 aliphatic rings. The SMILES string of the molecule is Nc1nn(-c2ccccc2)c2nc(C3CC3)cnc12. The van der Waals surface area contributed by atoms with Crippen LogP contribution in [-0.4, -0.2) is 19.7 Å². The van der Waals surface area contributed by atoms with E-state index in [9.17, 15) is 0 Å². The molecule has 0 unspecified atom stereocenters. The zero-order chi connectivity index (χ0) is 12.8.